The van der Waals surface area contributed by atoms with Crippen LogP contribution < -0.4 is 10.2 Å². The van der Waals surface area contributed by atoms with E-state index in [9.17, 15) is 18.0 Å². The molecule has 34 heavy (non-hydrogen) atoms. The number of nitrogens with one attached hydrogen (secondary N) is 1. The summed E-state index contributed by atoms with van der Waals surface area (Å²) in [5.41, 5.74) is 2.37. The summed E-state index contributed by atoms with van der Waals surface area (Å²) in [6.07, 6.45) is 7.48. The summed E-state index contributed by atoms with van der Waals surface area (Å²) in [7, 11) is 0. The number of nitrogens with zero attached hydrogens (tertiary/aromatic N) is 2. The van der Waals surface area contributed by atoms with Crippen molar-refractivity contribution in [3.8, 4) is 0 Å². The normalized spacial score (nSPS) is 17.7. The van der Waals surface area contributed by atoms with Crippen LogP contribution in [0.3, 0.4) is 0 Å². The molecule has 5 rings (SSSR count). The number of allylic oxidation sites excluding steroid dienone is 2. The summed E-state index contributed by atoms with van der Waals surface area (Å²) in [4.78, 5) is 19.1. The third kappa shape index (κ3) is 4.55. The predicted molar refractivity (Wildman–Crippen MR) is 128 cm³/mol. The van der Waals surface area contributed by atoms with Crippen molar-refractivity contribution < 1.29 is 18.0 Å². The van der Waals surface area contributed by atoms with Gasteiger partial charge in [0.15, 0.2) is 0 Å². The van der Waals surface area contributed by atoms with E-state index in [1.54, 1.807) is 18.3 Å². The van der Waals surface area contributed by atoms with Crippen molar-refractivity contribution in [2.75, 3.05) is 10.2 Å². The topological polar surface area (TPSA) is 45.2 Å². The molecule has 0 unspecified atom stereocenters. The second kappa shape index (κ2) is 8.97. The molecule has 2 aliphatic rings. The molecule has 1 fully saturated rings. The number of aromatic nitrogens is 1. The summed E-state index contributed by atoms with van der Waals surface area (Å²) >= 11 is 0. The molecule has 0 saturated heterocycles. The lowest BCUT2D eigenvalue weighted by Crippen LogP contribution is -2.34. The number of carbonyl (C=O) groups is 1. The van der Waals surface area contributed by atoms with E-state index in [0.29, 0.717) is 22.5 Å². The minimum absolute atomic E-state index is 0.160. The van der Waals surface area contributed by atoms with Crippen LogP contribution in [0.2, 0.25) is 0 Å². The minimum Gasteiger partial charge on any atom is -0.344 e. The maximum atomic E-state index is 13.5. The third-order valence-corrected chi connectivity index (χ3v) is 6.46. The van der Waals surface area contributed by atoms with Crippen LogP contribution in [0.4, 0.5) is 24.5 Å². The molecule has 2 aromatic carbocycles. The van der Waals surface area contributed by atoms with Gasteiger partial charge in [-0.05, 0) is 54.8 Å². The smallest absolute Gasteiger partial charge is 0.344 e. The van der Waals surface area contributed by atoms with E-state index in [1.807, 2.05) is 35.4 Å². The van der Waals surface area contributed by atoms with E-state index in [4.69, 9.17) is 0 Å². The van der Waals surface area contributed by atoms with Gasteiger partial charge < -0.3 is 10.2 Å². The number of benzene rings is 2. The summed E-state index contributed by atoms with van der Waals surface area (Å²) in [5.74, 6) is -0.355. The monoisotopic (exact) mass is 463 g/mol. The lowest BCUT2D eigenvalue weighted by molar-refractivity contribution is -0.137. The summed E-state index contributed by atoms with van der Waals surface area (Å²) in [6, 6.07) is 13.2. The average Bonchev–Trinajstić information content (AvgIpc) is 2.84. The Balaban J connectivity index is 1.46. The molecule has 0 spiro atoms. The first-order valence-electron chi connectivity index (χ1n) is 11.4. The molecule has 2 heterocycles. The highest BCUT2D eigenvalue weighted by Gasteiger charge is 2.33. The number of pyridine rings is 1. The van der Waals surface area contributed by atoms with Crippen LogP contribution in [-0.2, 0) is 11.0 Å². The van der Waals surface area contributed by atoms with Gasteiger partial charge in [0.05, 0.1) is 11.1 Å². The van der Waals surface area contributed by atoms with Crippen molar-refractivity contribution >= 4 is 33.8 Å². The van der Waals surface area contributed by atoms with Gasteiger partial charge in [0.2, 0.25) is 5.91 Å². The fourth-order valence-corrected chi connectivity index (χ4v) is 4.76. The standard InChI is InChI=1S/C27H24F3N3O/c28-27(29,30)20-9-11-23-19(12-14-33(25(23)16-20)22-6-2-1-3-7-22)15-26(34)32-21-10-8-18-5-4-13-31-24(18)17-21/h4-5,8-17,22H,1-3,6-7H2,(H,32,34). The Labute approximate surface area is 195 Å². The Morgan fingerprint density at radius 2 is 1.88 bits per heavy atom. The SMILES string of the molecule is O=C(C=C1C=CN(C2CCCCC2)c2cc(C(F)(F)F)ccc21)Nc1ccc2cccnc2c1. The molecule has 1 aliphatic carbocycles. The zero-order valence-corrected chi connectivity index (χ0v) is 18.5. The Hall–Kier alpha value is -3.61. The van der Waals surface area contributed by atoms with Crippen molar-refractivity contribution in [1.29, 1.82) is 0 Å². The molecule has 1 amide bonds. The number of rotatable bonds is 3. The molecular formula is C27H24F3N3O. The van der Waals surface area contributed by atoms with Gasteiger partial charge in [-0.2, -0.15) is 13.2 Å². The number of alkyl halides is 3. The van der Waals surface area contributed by atoms with Crippen LogP contribution in [-0.4, -0.2) is 16.9 Å². The fraction of sp³-hybridized carbons (Fsp3) is 0.259. The summed E-state index contributed by atoms with van der Waals surface area (Å²) < 4.78 is 40.4. The highest BCUT2D eigenvalue weighted by molar-refractivity contribution is 6.07. The van der Waals surface area contributed by atoms with Crippen molar-refractivity contribution in [2.24, 2.45) is 0 Å². The van der Waals surface area contributed by atoms with Crippen LogP contribution in [0, 0.1) is 0 Å². The van der Waals surface area contributed by atoms with Crippen molar-refractivity contribution in [3.63, 3.8) is 0 Å². The quantitative estimate of drug-likeness (QED) is 0.428. The molecule has 0 bridgehead atoms. The average molecular weight is 464 g/mol. The van der Waals surface area contributed by atoms with Crippen LogP contribution in [0.15, 0.2) is 73.1 Å². The maximum absolute atomic E-state index is 13.5. The molecular weight excluding hydrogens is 439 g/mol. The Kier molecular flexibility index (Phi) is 5.86. The zero-order valence-electron chi connectivity index (χ0n) is 18.5. The number of hydrogen-bond acceptors (Lipinski definition) is 3. The molecule has 0 atom stereocenters. The van der Waals surface area contributed by atoms with Gasteiger partial charge in [-0.1, -0.05) is 37.5 Å². The van der Waals surface area contributed by atoms with Gasteiger partial charge in [0.25, 0.3) is 0 Å². The summed E-state index contributed by atoms with van der Waals surface area (Å²) in [6.45, 7) is 0. The van der Waals surface area contributed by atoms with E-state index in [-0.39, 0.29) is 11.9 Å². The van der Waals surface area contributed by atoms with E-state index in [0.717, 1.165) is 49.1 Å². The molecule has 1 N–H and O–H groups in total. The number of halogens is 3. The van der Waals surface area contributed by atoms with E-state index >= 15 is 0 Å². The number of amides is 1. The Morgan fingerprint density at radius 1 is 1.06 bits per heavy atom. The third-order valence-electron chi connectivity index (χ3n) is 6.46. The van der Waals surface area contributed by atoms with Crippen LogP contribution in [0.5, 0.6) is 0 Å². The molecule has 1 saturated carbocycles. The number of carbonyl (C=O) groups excluding carboxylic acids is 1. The predicted octanol–water partition coefficient (Wildman–Crippen LogP) is 6.94. The Morgan fingerprint density at radius 3 is 2.68 bits per heavy atom. The van der Waals surface area contributed by atoms with E-state index < -0.39 is 11.7 Å². The summed E-state index contributed by atoms with van der Waals surface area (Å²) in [5, 5.41) is 3.80. The number of anilines is 2. The first-order chi connectivity index (χ1) is 16.4. The van der Waals surface area contributed by atoms with Gasteiger partial charge in [-0.15, -0.1) is 0 Å². The Bertz CT molecular complexity index is 1290. The largest absolute Gasteiger partial charge is 0.416 e. The minimum atomic E-state index is -4.43. The molecule has 3 aromatic rings. The first kappa shape index (κ1) is 22.2. The molecule has 1 aromatic heterocycles. The van der Waals surface area contributed by atoms with E-state index in [1.165, 1.54) is 18.2 Å². The van der Waals surface area contributed by atoms with Gasteiger partial charge >= 0.3 is 6.18 Å². The zero-order chi connectivity index (χ0) is 23.7. The van der Waals surface area contributed by atoms with Crippen molar-refractivity contribution in [2.45, 2.75) is 44.3 Å². The molecule has 4 nitrogen and oxygen atoms in total. The maximum Gasteiger partial charge on any atom is 0.416 e. The van der Waals surface area contributed by atoms with Crippen molar-refractivity contribution in [1.82, 2.24) is 4.98 Å². The lowest BCUT2D eigenvalue weighted by atomic mass is 9.90. The lowest BCUT2D eigenvalue weighted by Gasteiger charge is -2.37. The van der Waals surface area contributed by atoms with Crippen molar-refractivity contribution in [3.05, 3.63) is 84.2 Å². The van der Waals surface area contributed by atoms with Crippen LogP contribution >= 0.6 is 0 Å². The van der Waals surface area contributed by atoms with Gasteiger partial charge in [-0.3, -0.25) is 9.78 Å². The van der Waals surface area contributed by atoms with Crippen LogP contribution in [0.1, 0.15) is 43.2 Å². The molecule has 0 radical (unpaired) electrons. The highest BCUT2D eigenvalue weighted by Crippen LogP contribution is 2.41. The molecule has 174 valence electrons. The first-order valence-corrected chi connectivity index (χ1v) is 11.4. The highest BCUT2D eigenvalue weighted by atomic mass is 19.4. The van der Waals surface area contributed by atoms with Crippen LogP contribution in [0.25, 0.3) is 16.5 Å². The molecule has 7 heteroatoms. The number of fused-ring (bicyclic) bond motifs is 2. The second-order valence-electron chi connectivity index (χ2n) is 8.74. The van der Waals surface area contributed by atoms with E-state index in [2.05, 4.69) is 10.3 Å². The van der Waals surface area contributed by atoms with Gasteiger partial charge in [0, 0.05) is 46.8 Å². The van der Waals surface area contributed by atoms with Gasteiger partial charge in [0.1, 0.15) is 0 Å². The second-order valence-corrected chi connectivity index (χ2v) is 8.74. The van der Waals surface area contributed by atoms with Gasteiger partial charge in [-0.25, -0.2) is 0 Å². The fourth-order valence-electron chi connectivity index (χ4n) is 4.76. The number of hydrogen-bond donors (Lipinski definition) is 1. The molecule has 1 aliphatic heterocycles.